The molecule has 0 saturated carbocycles. The topological polar surface area (TPSA) is 116 Å². The first-order valence-electron chi connectivity index (χ1n) is 7.37. The first-order valence-corrected chi connectivity index (χ1v) is 7.37. The van der Waals surface area contributed by atoms with Gasteiger partial charge in [-0.2, -0.15) is 5.10 Å². The third-order valence-electron chi connectivity index (χ3n) is 4.00. The summed E-state index contributed by atoms with van der Waals surface area (Å²) < 4.78 is 1.29. The number of rotatable bonds is 4. The fraction of sp³-hybridized carbons (Fsp3) is 0.429. The van der Waals surface area contributed by atoms with Gasteiger partial charge in [-0.15, -0.1) is 0 Å². The number of carbonyl (C=O) groups is 1. The number of nitrogens with zero attached hydrogens (tertiary/aromatic N) is 3. The molecular weight excluding hydrogens is 300 g/mol. The number of carbonyl (C=O) groups excluding carboxylic acids is 1. The van der Waals surface area contributed by atoms with Crippen LogP contribution in [0.15, 0.2) is 28.0 Å². The highest BCUT2D eigenvalue weighted by molar-refractivity contribution is 5.91. The van der Waals surface area contributed by atoms with Gasteiger partial charge in [-0.1, -0.05) is 0 Å². The summed E-state index contributed by atoms with van der Waals surface area (Å²) in [6, 6.07) is 1.57. The van der Waals surface area contributed by atoms with Crippen molar-refractivity contribution in [1.82, 2.24) is 25.1 Å². The van der Waals surface area contributed by atoms with Gasteiger partial charge < -0.3 is 20.2 Å². The predicted molar refractivity (Wildman–Crippen MR) is 83.5 cm³/mol. The number of amides is 1. The molecule has 0 bridgehead atoms. The van der Waals surface area contributed by atoms with Gasteiger partial charge in [-0.05, 0) is 12.3 Å². The molecule has 9 nitrogen and oxygen atoms in total. The third-order valence-corrected chi connectivity index (χ3v) is 4.00. The van der Waals surface area contributed by atoms with Crippen LogP contribution < -0.4 is 21.5 Å². The lowest BCUT2D eigenvalue weighted by Gasteiger charge is -2.18. The molecule has 1 atom stereocenters. The average molecular weight is 318 g/mol. The van der Waals surface area contributed by atoms with Crippen LogP contribution in [-0.2, 0) is 7.05 Å². The first kappa shape index (κ1) is 15.1. The van der Waals surface area contributed by atoms with E-state index in [0.29, 0.717) is 6.54 Å². The summed E-state index contributed by atoms with van der Waals surface area (Å²) >= 11 is 0. The highest BCUT2D eigenvalue weighted by Gasteiger charge is 2.24. The molecule has 1 fully saturated rings. The van der Waals surface area contributed by atoms with Crippen LogP contribution in [0.5, 0.6) is 0 Å². The Hall–Kier alpha value is -2.84. The molecule has 0 aromatic carbocycles. The van der Waals surface area contributed by atoms with Crippen LogP contribution in [0, 0.1) is 5.92 Å². The van der Waals surface area contributed by atoms with Crippen molar-refractivity contribution < 1.29 is 4.79 Å². The molecule has 1 saturated heterocycles. The van der Waals surface area contributed by atoms with Crippen molar-refractivity contribution >= 4 is 11.6 Å². The molecule has 3 heterocycles. The number of aromatic nitrogens is 4. The van der Waals surface area contributed by atoms with Gasteiger partial charge in [0.1, 0.15) is 5.69 Å². The van der Waals surface area contributed by atoms with Gasteiger partial charge in [0, 0.05) is 38.9 Å². The number of H-pyrrole nitrogens is 2. The van der Waals surface area contributed by atoms with Gasteiger partial charge in [-0.3, -0.25) is 9.59 Å². The maximum atomic E-state index is 11.9. The molecule has 122 valence electrons. The molecular formula is C14H18N6O3. The van der Waals surface area contributed by atoms with Gasteiger partial charge in [0.15, 0.2) is 0 Å². The van der Waals surface area contributed by atoms with Gasteiger partial charge in [0.2, 0.25) is 0 Å². The Morgan fingerprint density at radius 2 is 2.30 bits per heavy atom. The Morgan fingerprint density at radius 1 is 1.48 bits per heavy atom. The highest BCUT2D eigenvalue weighted by Crippen LogP contribution is 2.21. The number of hydrogen-bond donors (Lipinski definition) is 3. The second-order valence-electron chi connectivity index (χ2n) is 5.64. The summed E-state index contributed by atoms with van der Waals surface area (Å²) in [5.41, 5.74) is 0.480. The van der Waals surface area contributed by atoms with E-state index < -0.39 is 5.69 Å². The van der Waals surface area contributed by atoms with E-state index in [2.05, 4.69) is 25.3 Å². The monoisotopic (exact) mass is 318 g/mol. The van der Waals surface area contributed by atoms with Crippen LogP contribution in [-0.4, -0.2) is 45.3 Å². The van der Waals surface area contributed by atoms with Crippen molar-refractivity contribution in [3.05, 3.63) is 45.0 Å². The van der Waals surface area contributed by atoms with Gasteiger partial charge in [0.25, 0.3) is 11.5 Å². The van der Waals surface area contributed by atoms with Crippen LogP contribution in [0.3, 0.4) is 0 Å². The van der Waals surface area contributed by atoms with E-state index in [0.717, 1.165) is 25.2 Å². The zero-order valence-corrected chi connectivity index (χ0v) is 12.7. The number of aryl methyl sites for hydroxylation is 1. The van der Waals surface area contributed by atoms with Crippen LogP contribution in [0.2, 0.25) is 0 Å². The molecule has 2 aromatic heterocycles. The summed E-state index contributed by atoms with van der Waals surface area (Å²) in [6.07, 6.45) is 3.94. The van der Waals surface area contributed by atoms with Crippen molar-refractivity contribution in [3.8, 4) is 0 Å². The number of aromatic amines is 2. The van der Waals surface area contributed by atoms with Crippen molar-refractivity contribution in [2.75, 3.05) is 24.5 Å². The predicted octanol–water partition coefficient (Wildman–Crippen LogP) is -0.947. The summed E-state index contributed by atoms with van der Waals surface area (Å²) in [6.45, 7) is 2.08. The Balaban J connectivity index is 1.55. The molecule has 1 unspecified atom stereocenters. The van der Waals surface area contributed by atoms with E-state index in [9.17, 15) is 14.4 Å². The van der Waals surface area contributed by atoms with E-state index in [4.69, 9.17) is 0 Å². The smallest absolute Gasteiger partial charge is 0.323 e. The van der Waals surface area contributed by atoms with Crippen LogP contribution >= 0.6 is 0 Å². The second kappa shape index (κ2) is 6.11. The maximum Gasteiger partial charge on any atom is 0.323 e. The summed E-state index contributed by atoms with van der Waals surface area (Å²) in [5, 5.41) is 6.83. The number of anilines is 1. The average Bonchev–Trinajstić information content (AvgIpc) is 3.17. The van der Waals surface area contributed by atoms with Gasteiger partial charge in [-0.25, -0.2) is 9.48 Å². The van der Waals surface area contributed by atoms with Gasteiger partial charge in [0.05, 0.1) is 11.9 Å². The molecule has 9 heteroatoms. The lowest BCUT2D eigenvalue weighted by Crippen LogP contribution is -2.31. The van der Waals surface area contributed by atoms with Crippen molar-refractivity contribution in [2.45, 2.75) is 6.42 Å². The normalized spacial score (nSPS) is 17.4. The van der Waals surface area contributed by atoms with Crippen molar-refractivity contribution in [3.63, 3.8) is 0 Å². The van der Waals surface area contributed by atoms with E-state index >= 15 is 0 Å². The van der Waals surface area contributed by atoms with Crippen LogP contribution in [0.4, 0.5) is 5.69 Å². The third kappa shape index (κ3) is 3.33. The Morgan fingerprint density at radius 3 is 3.00 bits per heavy atom. The van der Waals surface area contributed by atoms with Gasteiger partial charge >= 0.3 is 5.69 Å². The summed E-state index contributed by atoms with van der Waals surface area (Å²) in [7, 11) is 1.61. The molecule has 0 aliphatic carbocycles. The largest absolute Gasteiger partial charge is 0.370 e. The number of imidazole rings is 1. The zero-order chi connectivity index (χ0) is 16.4. The minimum absolute atomic E-state index is 0.143. The summed E-state index contributed by atoms with van der Waals surface area (Å²) in [4.78, 5) is 41.4. The van der Waals surface area contributed by atoms with Crippen molar-refractivity contribution in [1.29, 1.82) is 0 Å². The molecule has 1 aliphatic rings. The molecule has 23 heavy (non-hydrogen) atoms. The standard InChI is InChI=1S/C14H18N6O3/c1-19-12(21)4-10(6-17-19)20-3-2-9(8-20)5-15-13(22)11-7-16-14(23)18-11/h4,6-7,9H,2-3,5,8H2,1H3,(H,15,22)(H2,16,18,23). The fourth-order valence-corrected chi connectivity index (χ4v) is 2.65. The fourth-order valence-electron chi connectivity index (χ4n) is 2.65. The minimum atomic E-state index is -0.402. The number of nitrogens with one attached hydrogen (secondary N) is 3. The van der Waals surface area contributed by atoms with E-state index in [1.807, 2.05) is 0 Å². The molecule has 1 amide bonds. The lowest BCUT2D eigenvalue weighted by molar-refractivity contribution is 0.0943. The molecule has 3 N–H and O–H groups in total. The molecule has 3 rings (SSSR count). The second-order valence-corrected chi connectivity index (χ2v) is 5.64. The van der Waals surface area contributed by atoms with Crippen LogP contribution in [0.25, 0.3) is 0 Å². The molecule has 1 aliphatic heterocycles. The lowest BCUT2D eigenvalue weighted by atomic mass is 10.1. The molecule has 0 radical (unpaired) electrons. The molecule has 0 spiro atoms. The van der Waals surface area contributed by atoms with E-state index in [-0.39, 0.29) is 23.1 Å². The Labute approximate surface area is 131 Å². The van der Waals surface area contributed by atoms with Crippen LogP contribution in [0.1, 0.15) is 16.9 Å². The molecule has 2 aromatic rings. The van der Waals surface area contributed by atoms with Crippen molar-refractivity contribution in [2.24, 2.45) is 13.0 Å². The Bertz CT molecular complexity index is 820. The number of hydrogen-bond acceptors (Lipinski definition) is 5. The Kier molecular flexibility index (Phi) is 4.00. The zero-order valence-electron chi connectivity index (χ0n) is 12.7. The minimum Gasteiger partial charge on any atom is -0.370 e. The quantitative estimate of drug-likeness (QED) is 0.672. The highest BCUT2D eigenvalue weighted by atomic mass is 16.2. The SMILES string of the molecule is Cn1ncc(N2CCC(CNC(=O)c3c[nH]c(=O)[nH]3)C2)cc1=O. The van der Waals surface area contributed by atoms with E-state index in [1.54, 1.807) is 19.3 Å². The first-order chi connectivity index (χ1) is 11.0. The maximum absolute atomic E-state index is 11.9. The van der Waals surface area contributed by atoms with E-state index in [1.165, 1.54) is 10.9 Å². The summed E-state index contributed by atoms with van der Waals surface area (Å²) in [5.74, 6) is -0.0225.